The molecule has 11 rings (SSSR count). The van der Waals surface area contributed by atoms with Crippen molar-refractivity contribution in [1.82, 2.24) is 15.0 Å². The summed E-state index contributed by atoms with van der Waals surface area (Å²) in [5.41, 5.74) is 10.0. The van der Waals surface area contributed by atoms with Crippen LogP contribution in [-0.4, -0.2) is 15.0 Å². The molecule has 0 bridgehead atoms. The van der Waals surface area contributed by atoms with Crippen LogP contribution in [0.2, 0.25) is 0 Å². The van der Waals surface area contributed by atoms with Gasteiger partial charge < -0.3 is 0 Å². The fourth-order valence-corrected chi connectivity index (χ4v) is 9.00. The average Bonchev–Trinajstić information content (AvgIpc) is 3.58. The monoisotopic (exact) mass is 699 g/mol. The fourth-order valence-electron chi connectivity index (χ4n) is 9.00. The van der Waals surface area contributed by atoms with Gasteiger partial charge in [0.2, 0.25) is 0 Å². The molecule has 1 aliphatic rings. The van der Waals surface area contributed by atoms with Crippen LogP contribution in [0.3, 0.4) is 0 Å². The third-order valence-electron chi connectivity index (χ3n) is 11.4. The van der Waals surface area contributed by atoms with Crippen LogP contribution in [0.15, 0.2) is 200 Å². The van der Waals surface area contributed by atoms with E-state index in [1.807, 2.05) is 18.2 Å². The van der Waals surface area contributed by atoms with Crippen molar-refractivity contribution in [2.24, 2.45) is 0 Å². The van der Waals surface area contributed by atoms with Crippen LogP contribution in [0.25, 0.3) is 77.6 Å². The zero-order valence-corrected chi connectivity index (χ0v) is 29.9. The number of hydrogen-bond acceptors (Lipinski definition) is 3. The summed E-state index contributed by atoms with van der Waals surface area (Å²) < 4.78 is 0. The smallest absolute Gasteiger partial charge is 0.164 e. The van der Waals surface area contributed by atoms with E-state index in [-0.39, 0.29) is 0 Å². The van der Waals surface area contributed by atoms with E-state index in [0.717, 1.165) is 32.8 Å². The number of hydrogen-bond donors (Lipinski definition) is 0. The normalized spacial score (nSPS) is 12.9. The second-order valence-electron chi connectivity index (χ2n) is 14.3. The van der Waals surface area contributed by atoms with E-state index in [2.05, 4.69) is 182 Å². The highest BCUT2D eigenvalue weighted by atomic mass is 15.0. The maximum Gasteiger partial charge on any atom is 0.164 e. The summed E-state index contributed by atoms with van der Waals surface area (Å²) >= 11 is 0. The summed E-state index contributed by atoms with van der Waals surface area (Å²) in [5, 5.41) is 7.01. The third-order valence-corrected chi connectivity index (χ3v) is 11.4. The Balaban J connectivity index is 1.16. The molecule has 1 aromatic heterocycles. The average molecular weight is 700 g/mol. The number of aromatic nitrogens is 3. The molecule has 0 radical (unpaired) electrons. The first-order valence-corrected chi connectivity index (χ1v) is 18.8. The fraction of sp³-hybridized carbons (Fsp3) is 0.0192. The summed E-state index contributed by atoms with van der Waals surface area (Å²) in [6, 6.07) is 71.7. The Morgan fingerprint density at radius 3 is 1.62 bits per heavy atom. The summed E-state index contributed by atoms with van der Waals surface area (Å²) in [7, 11) is 0. The number of fused-ring (bicyclic) bond motifs is 8. The summed E-state index contributed by atoms with van der Waals surface area (Å²) in [4.78, 5) is 15.6. The molecular weight excluding hydrogens is 667 g/mol. The predicted octanol–water partition coefficient (Wildman–Crippen LogP) is 12.7. The van der Waals surface area contributed by atoms with Gasteiger partial charge in [0.15, 0.2) is 17.5 Å². The van der Waals surface area contributed by atoms with Crippen LogP contribution >= 0.6 is 0 Å². The van der Waals surface area contributed by atoms with Crippen molar-refractivity contribution in [2.45, 2.75) is 5.41 Å². The maximum atomic E-state index is 5.27. The lowest BCUT2D eigenvalue weighted by Crippen LogP contribution is -2.28. The van der Waals surface area contributed by atoms with Crippen LogP contribution in [0.4, 0.5) is 0 Å². The van der Waals surface area contributed by atoms with Gasteiger partial charge in [0.1, 0.15) is 0 Å². The quantitative estimate of drug-likeness (QED) is 0.168. The van der Waals surface area contributed by atoms with E-state index in [0.29, 0.717) is 17.5 Å². The molecular formula is C52H33N3. The van der Waals surface area contributed by atoms with Gasteiger partial charge in [0, 0.05) is 16.7 Å². The molecule has 10 aromatic rings. The predicted molar refractivity (Wildman–Crippen MR) is 226 cm³/mol. The highest BCUT2D eigenvalue weighted by Crippen LogP contribution is 2.58. The number of rotatable bonds is 5. The molecule has 0 saturated carbocycles. The van der Waals surface area contributed by atoms with Crippen molar-refractivity contribution in [3.8, 4) is 45.3 Å². The molecule has 0 amide bonds. The molecule has 3 heteroatoms. The van der Waals surface area contributed by atoms with Gasteiger partial charge in [-0.15, -0.1) is 0 Å². The molecule has 9 aromatic carbocycles. The molecule has 0 aliphatic heterocycles. The topological polar surface area (TPSA) is 38.7 Å². The zero-order chi connectivity index (χ0) is 36.3. The Kier molecular flexibility index (Phi) is 7.08. The van der Waals surface area contributed by atoms with Gasteiger partial charge in [-0.2, -0.15) is 0 Å². The van der Waals surface area contributed by atoms with Crippen molar-refractivity contribution >= 4 is 32.3 Å². The van der Waals surface area contributed by atoms with Crippen LogP contribution < -0.4 is 0 Å². The van der Waals surface area contributed by atoms with E-state index in [1.165, 1.54) is 49.5 Å². The zero-order valence-electron chi connectivity index (χ0n) is 29.9. The largest absolute Gasteiger partial charge is 0.208 e. The van der Waals surface area contributed by atoms with Crippen molar-refractivity contribution in [2.75, 3.05) is 0 Å². The minimum atomic E-state index is -0.493. The number of nitrogens with zero attached hydrogens (tertiary/aromatic N) is 3. The van der Waals surface area contributed by atoms with Gasteiger partial charge in [0.05, 0.1) is 5.41 Å². The Morgan fingerprint density at radius 1 is 0.309 bits per heavy atom. The van der Waals surface area contributed by atoms with Gasteiger partial charge in [-0.05, 0) is 77.8 Å². The highest BCUT2D eigenvalue weighted by Gasteiger charge is 2.46. The Bertz CT molecular complexity index is 3040. The van der Waals surface area contributed by atoms with E-state index >= 15 is 0 Å². The molecule has 0 fully saturated rings. The lowest BCUT2D eigenvalue weighted by atomic mass is 9.66. The maximum absolute atomic E-state index is 5.27. The van der Waals surface area contributed by atoms with Crippen molar-refractivity contribution in [3.05, 3.63) is 222 Å². The summed E-state index contributed by atoms with van der Waals surface area (Å²) in [6.45, 7) is 0. The van der Waals surface area contributed by atoms with Gasteiger partial charge in [0.25, 0.3) is 0 Å². The van der Waals surface area contributed by atoms with Gasteiger partial charge in [-0.1, -0.05) is 188 Å². The van der Waals surface area contributed by atoms with Crippen molar-refractivity contribution in [1.29, 1.82) is 0 Å². The molecule has 1 aliphatic carbocycles. The molecule has 55 heavy (non-hydrogen) atoms. The third kappa shape index (κ3) is 4.80. The molecule has 0 saturated heterocycles. The van der Waals surface area contributed by atoms with Crippen LogP contribution in [0, 0.1) is 0 Å². The molecule has 0 atom stereocenters. The van der Waals surface area contributed by atoms with Crippen molar-refractivity contribution in [3.63, 3.8) is 0 Å². The SMILES string of the molecule is c1ccc(-c2nc(-c3ccc4c5c(ccc4c3)-c3ccccc3C5(c3ccccc3)c3ccccc3)nc(-c3cc4ccccc4c4ccccc34)n2)cc1. The minimum absolute atomic E-state index is 0.493. The van der Waals surface area contributed by atoms with E-state index < -0.39 is 5.41 Å². The van der Waals surface area contributed by atoms with Crippen molar-refractivity contribution < 1.29 is 0 Å². The molecule has 3 nitrogen and oxygen atoms in total. The standard InChI is InChI=1S/C52H33N3/c1-4-16-34(17-5-1)49-53-50(55-51(54-49)46-33-35-18-10-11-23-40(35)42-24-12-13-25-43(42)46)37-29-30-41-36(32-37)28-31-45-44-26-14-15-27-47(44)52(48(41)45,38-19-6-2-7-20-38)39-21-8-3-9-22-39/h1-33H. The Morgan fingerprint density at radius 2 is 0.873 bits per heavy atom. The van der Waals surface area contributed by atoms with Gasteiger partial charge >= 0.3 is 0 Å². The Hall–Kier alpha value is -7.23. The molecule has 256 valence electrons. The summed E-state index contributed by atoms with van der Waals surface area (Å²) in [6.07, 6.45) is 0. The molecule has 1 heterocycles. The van der Waals surface area contributed by atoms with Crippen LogP contribution in [0.5, 0.6) is 0 Å². The van der Waals surface area contributed by atoms with E-state index in [9.17, 15) is 0 Å². The summed E-state index contributed by atoms with van der Waals surface area (Å²) in [5.74, 6) is 1.95. The second-order valence-corrected chi connectivity index (χ2v) is 14.3. The number of benzene rings is 9. The molecule has 0 spiro atoms. The van der Waals surface area contributed by atoms with Gasteiger partial charge in [-0.25, -0.2) is 15.0 Å². The lowest BCUT2D eigenvalue weighted by Gasteiger charge is -2.34. The lowest BCUT2D eigenvalue weighted by molar-refractivity contribution is 0.775. The first-order valence-electron chi connectivity index (χ1n) is 18.8. The van der Waals surface area contributed by atoms with Gasteiger partial charge in [-0.3, -0.25) is 0 Å². The molecule has 0 unspecified atom stereocenters. The first-order chi connectivity index (χ1) is 27.3. The first kappa shape index (κ1) is 31.3. The van der Waals surface area contributed by atoms with Crippen LogP contribution in [0.1, 0.15) is 22.3 Å². The van der Waals surface area contributed by atoms with Crippen LogP contribution in [-0.2, 0) is 5.41 Å². The van der Waals surface area contributed by atoms with E-state index in [1.54, 1.807) is 0 Å². The highest BCUT2D eigenvalue weighted by molar-refractivity contribution is 6.13. The second kappa shape index (κ2) is 12.4. The molecule has 0 N–H and O–H groups in total. The Labute approximate surface area is 319 Å². The minimum Gasteiger partial charge on any atom is -0.208 e. The van der Waals surface area contributed by atoms with E-state index in [4.69, 9.17) is 15.0 Å².